The van der Waals surface area contributed by atoms with Gasteiger partial charge in [-0.3, -0.25) is 9.88 Å². The molecule has 25 heavy (non-hydrogen) atoms. The van der Waals surface area contributed by atoms with E-state index in [1.54, 1.807) is 12.4 Å². The molecule has 1 aliphatic rings. The molecule has 10 heteroatoms. The van der Waals surface area contributed by atoms with Crippen molar-refractivity contribution >= 4 is 26.1 Å². The summed E-state index contributed by atoms with van der Waals surface area (Å²) in [7, 11) is -3.42. The normalized spacial score (nSPS) is 16.5. The Hall–Kier alpha value is -1.88. The zero-order valence-corrected chi connectivity index (χ0v) is 15.0. The smallest absolute Gasteiger partial charge is 0.232 e. The standard InChI is InChI=1S/C15H17N5O3S2/c21-25(22,10-7-19-5-8-23-9-6-19)15-18-20-11-13(17-14(20)24-15)12-3-1-2-4-16-12/h1-4,11H,5-10H2. The lowest BCUT2D eigenvalue weighted by Crippen LogP contribution is -2.39. The predicted octanol–water partition coefficient (Wildman–Crippen LogP) is 0.959. The molecule has 1 saturated heterocycles. The number of rotatable bonds is 5. The minimum Gasteiger partial charge on any atom is -0.379 e. The number of hydrogen-bond donors (Lipinski definition) is 0. The van der Waals surface area contributed by atoms with E-state index >= 15 is 0 Å². The topological polar surface area (TPSA) is 89.7 Å². The third-order valence-corrected chi connectivity index (χ3v) is 7.06. The fourth-order valence-electron chi connectivity index (χ4n) is 2.61. The maximum atomic E-state index is 12.5. The van der Waals surface area contributed by atoms with Gasteiger partial charge in [0.25, 0.3) is 0 Å². The van der Waals surface area contributed by atoms with Crippen molar-refractivity contribution in [1.29, 1.82) is 0 Å². The van der Waals surface area contributed by atoms with Crippen LogP contribution in [0.1, 0.15) is 0 Å². The molecule has 0 spiro atoms. The zero-order valence-electron chi connectivity index (χ0n) is 13.4. The van der Waals surface area contributed by atoms with Crippen LogP contribution in [0, 0.1) is 0 Å². The third-order valence-electron chi connectivity index (χ3n) is 4.00. The summed E-state index contributed by atoms with van der Waals surface area (Å²) in [6.45, 7) is 3.34. The van der Waals surface area contributed by atoms with E-state index in [0.717, 1.165) is 30.1 Å². The summed E-state index contributed by atoms with van der Waals surface area (Å²) in [6.07, 6.45) is 3.40. The monoisotopic (exact) mass is 379 g/mol. The first-order valence-electron chi connectivity index (χ1n) is 7.92. The number of hydrogen-bond acceptors (Lipinski definition) is 8. The molecule has 0 atom stereocenters. The van der Waals surface area contributed by atoms with Crippen LogP contribution in [-0.4, -0.2) is 71.5 Å². The van der Waals surface area contributed by atoms with Crippen molar-refractivity contribution in [1.82, 2.24) is 24.5 Å². The second-order valence-corrected chi connectivity index (χ2v) is 8.95. The van der Waals surface area contributed by atoms with Crippen LogP contribution in [-0.2, 0) is 14.6 Å². The average molecular weight is 379 g/mol. The van der Waals surface area contributed by atoms with Gasteiger partial charge in [-0.15, -0.1) is 5.10 Å². The number of ether oxygens (including phenoxy) is 1. The molecule has 8 nitrogen and oxygen atoms in total. The lowest BCUT2D eigenvalue weighted by Gasteiger charge is -2.26. The molecule has 0 N–H and O–H groups in total. The van der Waals surface area contributed by atoms with Gasteiger partial charge in [-0.1, -0.05) is 17.4 Å². The number of fused-ring (bicyclic) bond motifs is 1. The van der Waals surface area contributed by atoms with E-state index < -0.39 is 9.84 Å². The fraction of sp³-hybridized carbons (Fsp3) is 0.400. The van der Waals surface area contributed by atoms with Crippen LogP contribution in [0.15, 0.2) is 34.9 Å². The molecule has 1 fully saturated rings. The number of aromatic nitrogens is 4. The molecule has 0 aromatic carbocycles. The van der Waals surface area contributed by atoms with Gasteiger partial charge in [-0.2, -0.15) is 0 Å². The molecule has 0 radical (unpaired) electrons. The minimum absolute atomic E-state index is 0.0523. The Morgan fingerprint density at radius 3 is 2.76 bits per heavy atom. The van der Waals surface area contributed by atoms with Gasteiger partial charge in [0.1, 0.15) is 5.69 Å². The molecular weight excluding hydrogens is 362 g/mol. The van der Waals surface area contributed by atoms with Gasteiger partial charge in [0.2, 0.25) is 19.1 Å². The Bertz CT molecular complexity index is 930. The van der Waals surface area contributed by atoms with Crippen LogP contribution in [0.25, 0.3) is 16.3 Å². The van der Waals surface area contributed by atoms with Gasteiger partial charge < -0.3 is 4.74 Å². The van der Waals surface area contributed by atoms with Crippen molar-refractivity contribution in [3.05, 3.63) is 30.6 Å². The summed E-state index contributed by atoms with van der Waals surface area (Å²) < 4.78 is 32.0. The van der Waals surface area contributed by atoms with E-state index in [4.69, 9.17) is 4.74 Å². The Labute approximate surface area is 149 Å². The van der Waals surface area contributed by atoms with Crippen LogP contribution in [0.4, 0.5) is 0 Å². The van der Waals surface area contributed by atoms with Crippen LogP contribution >= 0.6 is 11.3 Å². The minimum atomic E-state index is -3.42. The van der Waals surface area contributed by atoms with Gasteiger partial charge in [-0.05, 0) is 12.1 Å². The van der Waals surface area contributed by atoms with Gasteiger partial charge >= 0.3 is 0 Å². The number of pyridine rings is 1. The summed E-state index contributed by atoms with van der Waals surface area (Å²) in [6, 6.07) is 5.57. The maximum absolute atomic E-state index is 12.5. The van der Waals surface area contributed by atoms with Crippen molar-refractivity contribution in [2.75, 3.05) is 38.6 Å². The van der Waals surface area contributed by atoms with E-state index in [1.807, 2.05) is 18.2 Å². The Balaban J connectivity index is 1.51. The molecule has 0 aliphatic carbocycles. The lowest BCUT2D eigenvalue weighted by atomic mass is 10.3. The first-order valence-corrected chi connectivity index (χ1v) is 10.4. The van der Waals surface area contributed by atoms with Crippen LogP contribution in [0.5, 0.6) is 0 Å². The van der Waals surface area contributed by atoms with Crippen molar-refractivity contribution in [2.24, 2.45) is 0 Å². The van der Waals surface area contributed by atoms with E-state index in [-0.39, 0.29) is 10.1 Å². The van der Waals surface area contributed by atoms with Crippen LogP contribution < -0.4 is 0 Å². The molecule has 3 aromatic rings. The highest BCUT2D eigenvalue weighted by Gasteiger charge is 2.23. The van der Waals surface area contributed by atoms with E-state index in [9.17, 15) is 8.42 Å². The molecular formula is C15H17N5O3S2. The van der Waals surface area contributed by atoms with Crippen molar-refractivity contribution in [2.45, 2.75) is 4.34 Å². The predicted molar refractivity (Wildman–Crippen MR) is 93.4 cm³/mol. The van der Waals surface area contributed by atoms with Gasteiger partial charge in [0.05, 0.1) is 30.9 Å². The lowest BCUT2D eigenvalue weighted by molar-refractivity contribution is 0.0408. The highest BCUT2D eigenvalue weighted by molar-refractivity contribution is 7.93. The third kappa shape index (κ3) is 3.56. The molecule has 0 bridgehead atoms. The molecule has 1 aliphatic heterocycles. The molecule has 132 valence electrons. The molecule has 0 amide bonds. The number of imidazole rings is 1. The second kappa shape index (κ2) is 6.79. The second-order valence-electron chi connectivity index (χ2n) is 5.71. The maximum Gasteiger partial charge on any atom is 0.232 e. The van der Waals surface area contributed by atoms with Crippen LogP contribution in [0.3, 0.4) is 0 Å². The molecule has 4 heterocycles. The van der Waals surface area contributed by atoms with Gasteiger partial charge in [0, 0.05) is 25.8 Å². The Morgan fingerprint density at radius 2 is 2.04 bits per heavy atom. The largest absolute Gasteiger partial charge is 0.379 e. The van der Waals surface area contributed by atoms with E-state index in [2.05, 4.69) is 20.0 Å². The Morgan fingerprint density at radius 1 is 1.20 bits per heavy atom. The quantitative estimate of drug-likeness (QED) is 0.652. The SMILES string of the molecule is O=S(=O)(CCN1CCOCC1)c1nn2cc(-c3ccccn3)nc2s1. The van der Waals surface area contributed by atoms with Crippen molar-refractivity contribution in [3.63, 3.8) is 0 Å². The summed E-state index contributed by atoms with van der Waals surface area (Å²) >= 11 is 1.09. The fourth-order valence-corrected chi connectivity index (χ4v) is 5.09. The highest BCUT2D eigenvalue weighted by atomic mass is 32.2. The number of morpholine rings is 1. The highest BCUT2D eigenvalue weighted by Crippen LogP contribution is 2.23. The summed E-state index contributed by atoms with van der Waals surface area (Å²) in [4.78, 5) is 11.3. The van der Waals surface area contributed by atoms with E-state index in [1.165, 1.54) is 4.52 Å². The van der Waals surface area contributed by atoms with Crippen molar-refractivity contribution in [3.8, 4) is 11.4 Å². The average Bonchev–Trinajstić information content (AvgIpc) is 3.21. The molecule has 4 rings (SSSR count). The first kappa shape index (κ1) is 16.6. The first-order chi connectivity index (χ1) is 12.1. The van der Waals surface area contributed by atoms with Gasteiger partial charge in [-0.25, -0.2) is 17.9 Å². The molecule has 0 saturated carbocycles. The summed E-state index contributed by atoms with van der Waals surface area (Å²) in [5.41, 5.74) is 1.41. The van der Waals surface area contributed by atoms with E-state index in [0.29, 0.717) is 30.4 Å². The molecule has 3 aromatic heterocycles. The summed E-state index contributed by atoms with van der Waals surface area (Å²) in [5.74, 6) is 0.0523. The van der Waals surface area contributed by atoms with Crippen LogP contribution in [0.2, 0.25) is 0 Å². The number of nitrogens with zero attached hydrogens (tertiary/aromatic N) is 5. The number of sulfone groups is 1. The zero-order chi connectivity index (χ0) is 17.3. The van der Waals surface area contributed by atoms with Gasteiger partial charge in [0.15, 0.2) is 0 Å². The summed E-state index contributed by atoms with van der Waals surface area (Å²) in [5, 5.41) is 4.21. The molecule has 0 unspecified atom stereocenters. The Kier molecular flexibility index (Phi) is 4.50. The van der Waals surface area contributed by atoms with Crippen molar-refractivity contribution < 1.29 is 13.2 Å².